The summed E-state index contributed by atoms with van der Waals surface area (Å²) in [7, 11) is 0. The third-order valence-electron chi connectivity index (χ3n) is 3.74. The second-order valence-corrected chi connectivity index (χ2v) is 5.05. The number of hydrogen-bond donors (Lipinski definition) is 1. The Kier molecular flexibility index (Phi) is 3.86. The summed E-state index contributed by atoms with van der Waals surface area (Å²) in [6.07, 6.45) is 3.58. The first-order valence-corrected chi connectivity index (χ1v) is 7.26. The van der Waals surface area contributed by atoms with Gasteiger partial charge in [0.05, 0.1) is 12.6 Å². The van der Waals surface area contributed by atoms with Gasteiger partial charge in [0.25, 0.3) is 5.91 Å². The lowest BCUT2D eigenvalue weighted by atomic mass is 10.1. The molecule has 4 nitrogen and oxygen atoms in total. The average molecular weight is 282 g/mol. The number of aryl methyl sites for hydroxylation is 1. The van der Waals surface area contributed by atoms with Crippen LogP contribution in [0.25, 0.3) is 0 Å². The van der Waals surface area contributed by atoms with Gasteiger partial charge in [-0.1, -0.05) is 24.3 Å². The molecular weight excluding hydrogens is 264 g/mol. The van der Waals surface area contributed by atoms with Crippen LogP contribution in [-0.2, 0) is 6.42 Å². The molecule has 1 N–H and O–H groups in total. The number of carbonyl (C=O) groups is 1. The first kappa shape index (κ1) is 13.6. The molecule has 1 atom stereocenters. The Morgan fingerprint density at radius 2 is 2.19 bits per heavy atom. The van der Waals surface area contributed by atoms with Gasteiger partial charge >= 0.3 is 0 Å². The normalized spacial score (nSPS) is 16.3. The minimum Gasteiger partial charge on any atom is -0.477 e. The van der Waals surface area contributed by atoms with Crippen molar-refractivity contribution in [1.29, 1.82) is 0 Å². The molecule has 1 aliphatic carbocycles. The number of nitrogens with one attached hydrogen (secondary N) is 1. The Hall–Kier alpha value is -2.36. The predicted molar refractivity (Wildman–Crippen MR) is 80.4 cm³/mol. The van der Waals surface area contributed by atoms with Crippen molar-refractivity contribution >= 4 is 5.91 Å². The predicted octanol–water partition coefficient (Wildman–Crippen LogP) is 2.90. The van der Waals surface area contributed by atoms with Crippen LogP contribution < -0.4 is 10.1 Å². The molecule has 3 rings (SSSR count). The topological polar surface area (TPSA) is 51.2 Å². The summed E-state index contributed by atoms with van der Waals surface area (Å²) >= 11 is 0. The van der Waals surface area contributed by atoms with Gasteiger partial charge in [-0.05, 0) is 43.0 Å². The van der Waals surface area contributed by atoms with Crippen molar-refractivity contribution in [3.63, 3.8) is 0 Å². The van der Waals surface area contributed by atoms with E-state index in [9.17, 15) is 4.79 Å². The van der Waals surface area contributed by atoms with E-state index in [4.69, 9.17) is 4.74 Å². The van der Waals surface area contributed by atoms with Crippen LogP contribution in [0.4, 0.5) is 0 Å². The van der Waals surface area contributed by atoms with Crippen molar-refractivity contribution in [3.8, 4) is 5.88 Å². The van der Waals surface area contributed by atoms with Crippen LogP contribution >= 0.6 is 0 Å². The third-order valence-corrected chi connectivity index (χ3v) is 3.74. The van der Waals surface area contributed by atoms with Crippen molar-refractivity contribution in [1.82, 2.24) is 10.3 Å². The quantitative estimate of drug-likeness (QED) is 0.938. The molecule has 0 aliphatic heterocycles. The molecule has 0 bridgehead atoms. The number of rotatable bonds is 4. The van der Waals surface area contributed by atoms with Gasteiger partial charge in [-0.2, -0.15) is 0 Å². The fourth-order valence-electron chi connectivity index (χ4n) is 2.76. The van der Waals surface area contributed by atoms with E-state index >= 15 is 0 Å². The number of aromatic nitrogens is 1. The fourth-order valence-corrected chi connectivity index (χ4v) is 2.76. The second kappa shape index (κ2) is 5.95. The van der Waals surface area contributed by atoms with Crippen LogP contribution in [0.15, 0.2) is 42.6 Å². The molecule has 2 aromatic rings. The third kappa shape index (κ3) is 2.75. The summed E-state index contributed by atoms with van der Waals surface area (Å²) in [5, 5.41) is 3.09. The Balaban J connectivity index is 1.79. The van der Waals surface area contributed by atoms with E-state index in [-0.39, 0.29) is 11.9 Å². The lowest BCUT2D eigenvalue weighted by Crippen LogP contribution is -2.27. The average Bonchev–Trinajstić information content (AvgIpc) is 2.91. The molecule has 1 aliphatic rings. The lowest BCUT2D eigenvalue weighted by molar-refractivity contribution is 0.0932. The van der Waals surface area contributed by atoms with E-state index in [0.29, 0.717) is 18.1 Å². The smallest absolute Gasteiger partial charge is 0.257 e. The van der Waals surface area contributed by atoms with Crippen LogP contribution in [0.1, 0.15) is 40.9 Å². The Labute approximate surface area is 124 Å². The van der Waals surface area contributed by atoms with E-state index in [2.05, 4.69) is 22.4 Å². The van der Waals surface area contributed by atoms with Crippen LogP contribution in [-0.4, -0.2) is 17.5 Å². The minimum absolute atomic E-state index is 0.0726. The molecular formula is C17H18N2O2. The summed E-state index contributed by atoms with van der Waals surface area (Å²) in [4.78, 5) is 16.6. The standard InChI is InChI=1S/C17H18N2O2/c1-2-21-17-14(8-5-11-18-17)16(20)19-15-10-9-12-6-3-4-7-13(12)15/h3-8,11,15H,2,9-10H2,1H3,(H,19,20)/t15-/m0/s1. The monoisotopic (exact) mass is 282 g/mol. The minimum atomic E-state index is -0.131. The first-order chi connectivity index (χ1) is 10.3. The molecule has 0 unspecified atom stereocenters. The van der Waals surface area contributed by atoms with Crippen molar-refractivity contribution < 1.29 is 9.53 Å². The van der Waals surface area contributed by atoms with Crippen molar-refractivity contribution in [2.24, 2.45) is 0 Å². The van der Waals surface area contributed by atoms with E-state index in [1.807, 2.05) is 19.1 Å². The molecule has 0 saturated carbocycles. The number of ether oxygens (including phenoxy) is 1. The molecule has 0 fully saturated rings. The van der Waals surface area contributed by atoms with Crippen molar-refractivity contribution in [2.45, 2.75) is 25.8 Å². The van der Waals surface area contributed by atoms with E-state index in [0.717, 1.165) is 12.8 Å². The maximum Gasteiger partial charge on any atom is 0.257 e. The maximum absolute atomic E-state index is 12.5. The maximum atomic E-state index is 12.5. The molecule has 21 heavy (non-hydrogen) atoms. The van der Waals surface area contributed by atoms with Gasteiger partial charge in [0.1, 0.15) is 5.56 Å². The summed E-state index contributed by atoms with van der Waals surface area (Å²) in [5.41, 5.74) is 3.02. The number of benzene rings is 1. The van der Waals surface area contributed by atoms with Gasteiger partial charge < -0.3 is 10.1 Å². The van der Waals surface area contributed by atoms with Gasteiger partial charge in [0.2, 0.25) is 5.88 Å². The fraction of sp³-hybridized carbons (Fsp3) is 0.294. The molecule has 1 aromatic heterocycles. The van der Waals surface area contributed by atoms with Crippen LogP contribution in [0, 0.1) is 0 Å². The Bertz CT molecular complexity index is 655. The number of nitrogens with zero attached hydrogens (tertiary/aromatic N) is 1. The Morgan fingerprint density at radius 1 is 1.33 bits per heavy atom. The molecule has 1 aromatic carbocycles. The molecule has 4 heteroatoms. The molecule has 1 amide bonds. The summed E-state index contributed by atoms with van der Waals surface area (Å²) < 4.78 is 5.42. The number of carbonyl (C=O) groups excluding carboxylic acids is 1. The summed E-state index contributed by atoms with van der Waals surface area (Å²) in [6.45, 7) is 2.37. The highest BCUT2D eigenvalue weighted by Crippen LogP contribution is 2.31. The number of fused-ring (bicyclic) bond motifs is 1. The van der Waals surface area contributed by atoms with E-state index < -0.39 is 0 Å². The van der Waals surface area contributed by atoms with Gasteiger partial charge in [0.15, 0.2) is 0 Å². The summed E-state index contributed by atoms with van der Waals surface area (Å²) in [6, 6.07) is 11.8. The zero-order valence-electron chi connectivity index (χ0n) is 12.0. The van der Waals surface area contributed by atoms with Crippen molar-refractivity contribution in [2.75, 3.05) is 6.61 Å². The van der Waals surface area contributed by atoms with Crippen LogP contribution in [0.2, 0.25) is 0 Å². The van der Waals surface area contributed by atoms with Crippen molar-refractivity contribution in [3.05, 3.63) is 59.3 Å². The molecule has 1 heterocycles. The number of pyridine rings is 1. The molecule has 108 valence electrons. The van der Waals surface area contributed by atoms with Gasteiger partial charge in [-0.15, -0.1) is 0 Å². The van der Waals surface area contributed by atoms with Gasteiger partial charge in [-0.25, -0.2) is 4.98 Å². The molecule has 0 radical (unpaired) electrons. The molecule has 0 saturated heterocycles. The Morgan fingerprint density at radius 3 is 3.05 bits per heavy atom. The molecule has 0 spiro atoms. The zero-order valence-corrected chi connectivity index (χ0v) is 12.0. The first-order valence-electron chi connectivity index (χ1n) is 7.26. The van der Waals surface area contributed by atoms with E-state index in [1.54, 1.807) is 18.3 Å². The van der Waals surface area contributed by atoms with Gasteiger partial charge in [-0.3, -0.25) is 4.79 Å². The van der Waals surface area contributed by atoms with E-state index in [1.165, 1.54) is 11.1 Å². The summed E-state index contributed by atoms with van der Waals surface area (Å²) in [5.74, 6) is 0.261. The SMILES string of the molecule is CCOc1ncccc1C(=O)N[C@H]1CCc2ccccc21. The number of hydrogen-bond acceptors (Lipinski definition) is 3. The second-order valence-electron chi connectivity index (χ2n) is 5.05. The van der Waals surface area contributed by atoms with Crippen LogP contribution in [0.3, 0.4) is 0 Å². The number of amides is 1. The van der Waals surface area contributed by atoms with Gasteiger partial charge in [0, 0.05) is 6.20 Å². The highest BCUT2D eigenvalue weighted by Gasteiger charge is 2.25. The zero-order chi connectivity index (χ0) is 14.7. The highest BCUT2D eigenvalue weighted by molar-refractivity contribution is 5.96. The lowest BCUT2D eigenvalue weighted by Gasteiger charge is -2.15. The largest absolute Gasteiger partial charge is 0.477 e. The van der Waals surface area contributed by atoms with Crippen LogP contribution in [0.5, 0.6) is 5.88 Å². The highest BCUT2D eigenvalue weighted by atomic mass is 16.5.